The van der Waals surface area contributed by atoms with Gasteiger partial charge in [0.25, 0.3) is 0 Å². The van der Waals surface area contributed by atoms with E-state index in [9.17, 15) is 9.59 Å². The van der Waals surface area contributed by atoms with Gasteiger partial charge in [-0.25, -0.2) is 4.98 Å². The highest BCUT2D eigenvalue weighted by molar-refractivity contribution is 7.13. The zero-order valence-corrected chi connectivity index (χ0v) is 18.0. The van der Waals surface area contributed by atoms with Crippen LogP contribution < -0.4 is 9.47 Å². The van der Waals surface area contributed by atoms with Crippen molar-refractivity contribution >= 4 is 23.2 Å². The van der Waals surface area contributed by atoms with E-state index >= 15 is 0 Å². The van der Waals surface area contributed by atoms with Crippen LogP contribution in [0.2, 0.25) is 0 Å². The molecule has 0 saturated carbocycles. The molecule has 1 atom stereocenters. The van der Waals surface area contributed by atoms with Gasteiger partial charge in [-0.3, -0.25) is 9.59 Å². The lowest BCUT2D eigenvalue weighted by Crippen LogP contribution is -2.33. The van der Waals surface area contributed by atoms with Crippen LogP contribution in [0.1, 0.15) is 32.9 Å². The van der Waals surface area contributed by atoms with Gasteiger partial charge >= 0.3 is 5.97 Å². The van der Waals surface area contributed by atoms with E-state index in [-0.39, 0.29) is 30.9 Å². The minimum Gasteiger partial charge on any atom is -0.493 e. The largest absolute Gasteiger partial charge is 0.493 e. The van der Waals surface area contributed by atoms with Crippen molar-refractivity contribution in [3.05, 3.63) is 29.3 Å². The summed E-state index contributed by atoms with van der Waals surface area (Å²) in [5, 5.41) is 2.67. The van der Waals surface area contributed by atoms with E-state index < -0.39 is 5.92 Å². The van der Waals surface area contributed by atoms with E-state index in [1.54, 1.807) is 12.0 Å². The van der Waals surface area contributed by atoms with Gasteiger partial charge in [0.2, 0.25) is 5.91 Å². The smallest absolute Gasteiger partial charge is 0.311 e. The van der Waals surface area contributed by atoms with E-state index in [0.717, 1.165) is 10.6 Å². The molecule has 1 aromatic carbocycles. The number of ether oxygens (including phenoxy) is 3. The van der Waals surface area contributed by atoms with Gasteiger partial charge in [0.1, 0.15) is 11.6 Å². The molecule has 0 radical (unpaired) electrons. The number of likely N-dealkylation sites (tertiary alicyclic amines) is 1. The van der Waals surface area contributed by atoms with Gasteiger partial charge < -0.3 is 19.1 Å². The van der Waals surface area contributed by atoms with E-state index in [2.05, 4.69) is 4.98 Å². The molecule has 8 heteroatoms. The van der Waals surface area contributed by atoms with Crippen molar-refractivity contribution in [2.24, 2.45) is 5.92 Å². The normalized spacial score (nSPS) is 16.4. The first-order chi connectivity index (χ1) is 13.9. The van der Waals surface area contributed by atoms with Crippen LogP contribution in [0.4, 0.5) is 0 Å². The molecule has 3 rings (SSSR count). The van der Waals surface area contributed by atoms with Crippen LogP contribution in [-0.4, -0.2) is 48.1 Å². The second kappa shape index (κ2) is 9.26. The predicted molar refractivity (Wildman–Crippen MR) is 110 cm³/mol. The number of esters is 1. The molecule has 2 aromatic rings. The molecule has 1 aromatic heterocycles. The summed E-state index contributed by atoms with van der Waals surface area (Å²) in [6.45, 7) is 6.88. The Morgan fingerprint density at radius 2 is 2.14 bits per heavy atom. The zero-order chi connectivity index (χ0) is 21.0. The third-order valence-corrected chi connectivity index (χ3v) is 5.68. The number of thiazole rings is 1. The van der Waals surface area contributed by atoms with Gasteiger partial charge in [0, 0.05) is 30.0 Å². The van der Waals surface area contributed by atoms with Gasteiger partial charge in [-0.2, -0.15) is 0 Å². The Kier molecular flexibility index (Phi) is 6.74. The summed E-state index contributed by atoms with van der Waals surface area (Å²) < 4.78 is 16.3. The maximum absolute atomic E-state index is 12.3. The molecule has 0 bridgehead atoms. The molecule has 0 aliphatic carbocycles. The Hall–Kier alpha value is -2.61. The first kappa shape index (κ1) is 21.1. The van der Waals surface area contributed by atoms with E-state index in [1.165, 1.54) is 11.3 Å². The second-order valence-corrected chi connectivity index (χ2v) is 7.95. The fourth-order valence-electron chi connectivity index (χ4n) is 3.23. The maximum Gasteiger partial charge on any atom is 0.311 e. The Morgan fingerprint density at radius 3 is 2.79 bits per heavy atom. The topological polar surface area (TPSA) is 78.0 Å². The fraction of sp³-hybridized carbons (Fsp3) is 0.476. The average molecular weight is 419 g/mol. The summed E-state index contributed by atoms with van der Waals surface area (Å²) in [5.41, 5.74) is 1.58. The third kappa shape index (κ3) is 4.87. The van der Waals surface area contributed by atoms with Crippen molar-refractivity contribution in [1.82, 2.24) is 9.88 Å². The molecule has 1 aliphatic rings. The van der Waals surface area contributed by atoms with E-state index in [0.29, 0.717) is 30.3 Å². The standard InChI is InChI=1S/C21H26N2O5S/c1-5-27-17-7-6-14(8-18(17)26-4)20-22-16(12-29-20)11-28-21(25)15-9-19(24)23(10-15)13(2)3/h6-8,12-13,15H,5,9-11H2,1-4H3. The molecular formula is C21H26N2O5S. The molecule has 2 heterocycles. The van der Waals surface area contributed by atoms with Crippen LogP contribution in [0.3, 0.4) is 0 Å². The van der Waals surface area contributed by atoms with Crippen LogP contribution in [0.5, 0.6) is 11.5 Å². The number of hydrogen-bond donors (Lipinski definition) is 0. The minimum absolute atomic E-state index is 0.00217. The average Bonchev–Trinajstić information content (AvgIpc) is 3.33. The zero-order valence-electron chi connectivity index (χ0n) is 17.1. The molecule has 156 valence electrons. The van der Waals surface area contributed by atoms with Crippen LogP contribution in [0.25, 0.3) is 10.6 Å². The van der Waals surface area contributed by atoms with Crippen LogP contribution >= 0.6 is 11.3 Å². The number of benzene rings is 1. The highest BCUT2D eigenvalue weighted by Gasteiger charge is 2.36. The number of aromatic nitrogens is 1. The highest BCUT2D eigenvalue weighted by atomic mass is 32.1. The molecule has 1 unspecified atom stereocenters. The lowest BCUT2D eigenvalue weighted by Gasteiger charge is -2.20. The van der Waals surface area contributed by atoms with Crippen molar-refractivity contribution in [3.63, 3.8) is 0 Å². The molecule has 1 amide bonds. The number of nitrogens with zero attached hydrogens (tertiary/aromatic N) is 2. The van der Waals surface area contributed by atoms with Gasteiger partial charge in [0.15, 0.2) is 11.5 Å². The second-order valence-electron chi connectivity index (χ2n) is 7.09. The Balaban J connectivity index is 1.61. The van der Waals surface area contributed by atoms with Crippen molar-refractivity contribution < 1.29 is 23.8 Å². The molecule has 29 heavy (non-hydrogen) atoms. The fourth-order valence-corrected chi connectivity index (χ4v) is 4.03. The summed E-state index contributed by atoms with van der Waals surface area (Å²) in [6.07, 6.45) is 0.214. The van der Waals surface area contributed by atoms with E-state index in [4.69, 9.17) is 14.2 Å². The molecule has 1 fully saturated rings. The van der Waals surface area contributed by atoms with Gasteiger partial charge in [-0.1, -0.05) is 0 Å². The first-order valence-electron chi connectivity index (χ1n) is 9.64. The Bertz CT molecular complexity index is 880. The molecule has 1 saturated heterocycles. The number of amides is 1. The third-order valence-electron chi connectivity index (χ3n) is 4.74. The number of hydrogen-bond acceptors (Lipinski definition) is 7. The lowest BCUT2D eigenvalue weighted by molar-refractivity contribution is -0.149. The lowest BCUT2D eigenvalue weighted by atomic mass is 10.1. The van der Waals surface area contributed by atoms with E-state index in [1.807, 2.05) is 44.4 Å². The molecule has 1 aliphatic heterocycles. The summed E-state index contributed by atoms with van der Waals surface area (Å²) >= 11 is 1.47. The number of carbonyl (C=O) groups is 2. The van der Waals surface area contributed by atoms with Crippen molar-refractivity contribution in [2.75, 3.05) is 20.3 Å². The SMILES string of the molecule is CCOc1ccc(-c2nc(COC(=O)C3CC(=O)N(C(C)C)C3)cs2)cc1OC. The van der Waals surface area contributed by atoms with Crippen molar-refractivity contribution in [2.45, 2.75) is 39.8 Å². The minimum atomic E-state index is -0.404. The summed E-state index contributed by atoms with van der Waals surface area (Å²) in [7, 11) is 1.60. The Labute approximate surface area is 174 Å². The summed E-state index contributed by atoms with van der Waals surface area (Å²) in [6, 6.07) is 5.75. The summed E-state index contributed by atoms with van der Waals surface area (Å²) in [4.78, 5) is 30.6. The van der Waals surface area contributed by atoms with Crippen LogP contribution in [0, 0.1) is 5.92 Å². The van der Waals surface area contributed by atoms with Crippen LogP contribution in [0.15, 0.2) is 23.6 Å². The number of rotatable bonds is 8. The van der Waals surface area contributed by atoms with Crippen molar-refractivity contribution in [3.8, 4) is 22.1 Å². The van der Waals surface area contributed by atoms with Crippen LogP contribution in [-0.2, 0) is 20.9 Å². The predicted octanol–water partition coefficient (Wildman–Crippen LogP) is 3.52. The Morgan fingerprint density at radius 1 is 1.34 bits per heavy atom. The first-order valence-corrected chi connectivity index (χ1v) is 10.5. The highest BCUT2D eigenvalue weighted by Crippen LogP contribution is 2.34. The number of carbonyl (C=O) groups excluding carboxylic acids is 2. The van der Waals surface area contributed by atoms with Gasteiger partial charge in [-0.15, -0.1) is 11.3 Å². The van der Waals surface area contributed by atoms with Gasteiger partial charge in [0.05, 0.1) is 25.3 Å². The monoisotopic (exact) mass is 418 g/mol. The molecule has 7 nitrogen and oxygen atoms in total. The van der Waals surface area contributed by atoms with Crippen molar-refractivity contribution in [1.29, 1.82) is 0 Å². The quantitative estimate of drug-likeness (QED) is 0.611. The molecular weight excluding hydrogens is 392 g/mol. The van der Waals surface area contributed by atoms with Gasteiger partial charge in [-0.05, 0) is 39.0 Å². The molecule has 0 spiro atoms. The number of methoxy groups -OCH3 is 1. The maximum atomic E-state index is 12.3. The molecule has 0 N–H and O–H groups in total. The summed E-state index contributed by atoms with van der Waals surface area (Å²) in [5.74, 6) is 0.582.